The topological polar surface area (TPSA) is 55.8 Å². The number of imide groups is 1. The van der Waals surface area contributed by atoms with Crippen LogP contribution in [0.25, 0.3) is 0 Å². The Balaban J connectivity index is 2.48. The summed E-state index contributed by atoms with van der Waals surface area (Å²) in [5.41, 5.74) is 1.39. The lowest BCUT2D eigenvalue weighted by Crippen LogP contribution is -2.40. The molecule has 0 N–H and O–H groups in total. The zero-order valence-corrected chi connectivity index (χ0v) is 10.6. The lowest BCUT2D eigenvalue weighted by Gasteiger charge is -2.26. The van der Waals surface area contributed by atoms with E-state index in [0.29, 0.717) is 30.0 Å². The van der Waals surface area contributed by atoms with E-state index < -0.39 is 0 Å². The van der Waals surface area contributed by atoms with E-state index >= 15 is 0 Å². The summed E-state index contributed by atoms with van der Waals surface area (Å²) < 4.78 is 10.4. The molecule has 2 rings (SSSR count). The zero-order chi connectivity index (χ0) is 13.3. The number of carbonyl (C=O) groups is 2. The first kappa shape index (κ1) is 12.4. The van der Waals surface area contributed by atoms with Gasteiger partial charge in [-0.05, 0) is 24.1 Å². The van der Waals surface area contributed by atoms with Crippen LogP contribution in [-0.4, -0.2) is 37.5 Å². The number of amides is 2. The molecule has 5 nitrogen and oxygen atoms in total. The minimum atomic E-state index is -0.273. The van der Waals surface area contributed by atoms with Gasteiger partial charge in [0.25, 0.3) is 5.91 Å². The van der Waals surface area contributed by atoms with E-state index in [1.165, 1.54) is 18.9 Å². The Morgan fingerprint density at radius 2 is 1.83 bits per heavy atom. The summed E-state index contributed by atoms with van der Waals surface area (Å²) in [5.74, 6) is 0.584. The summed E-state index contributed by atoms with van der Waals surface area (Å²) in [6, 6.07) is 3.43. The van der Waals surface area contributed by atoms with E-state index in [0.717, 1.165) is 5.56 Å². The van der Waals surface area contributed by atoms with Crippen LogP contribution in [0, 0.1) is 0 Å². The van der Waals surface area contributed by atoms with Gasteiger partial charge in [-0.1, -0.05) is 0 Å². The molecular weight excluding hydrogens is 234 g/mol. The number of rotatable bonds is 2. The highest BCUT2D eigenvalue weighted by molar-refractivity contribution is 6.06. The van der Waals surface area contributed by atoms with Gasteiger partial charge in [0.2, 0.25) is 5.91 Å². The third kappa shape index (κ3) is 1.92. The van der Waals surface area contributed by atoms with Crippen LogP contribution < -0.4 is 9.47 Å². The molecule has 0 spiro atoms. The molecule has 0 bridgehead atoms. The second-order valence-electron chi connectivity index (χ2n) is 4.09. The van der Waals surface area contributed by atoms with Crippen LogP contribution in [0.1, 0.15) is 22.8 Å². The monoisotopic (exact) mass is 249 g/mol. The van der Waals surface area contributed by atoms with Crippen molar-refractivity contribution in [1.82, 2.24) is 4.90 Å². The summed E-state index contributed by atoms with van der Waals surface area (Å²) in [7, 11) is 3.07. The average Bonchev–Trinajstić information content (AvgIpc) is 2.37. The summed E-state index contributed by atoms with van der Waals surface area (Å²) in [6.07, 6.45) is 0.640. The Bertz CT molecular complexity index is 510. The zero-order valence-electron chi connectivity index (χ0n) is 10.6. The van der Waals surface area contributed by atoms with Crippen LogP contribution in [0.2, 0.25) is 0 Å². The smallest absolute Gasteiger partial charge is 0.260 e. The lowest BCUT2D eigenvalue weighted by molar-refractivity contribution is -0.126. The molecule has 0 aliphatic carbocycles. The predicted molar refractivity (Wildman–Crippen MR) is 65.0 cm³/mol. The lowest BCUT2D eigenvalue weighted by atomic mass is 9.98. The molecule has 0 saturated carbocycles. The molecule has 18 heavy (non-hydrogen) atoms. The minimum absolute atomic E-state index is 0.236. The number of nitrogens with zero attached hydrogens (tertiary/aromatic N) is 1. The number of hydrogen-bond donors (Lipinski definition) is 0. The van der Waals surface area contributed by atoms with Gasteiger partial charge in [-0.3, -0.25) is 14.5 Å². The Hall–Kier alpha value is -2.04. The van der Waals surface area contributed by atoms with Crippen molar-refractivity contribution in [2.24, 2.45) is 0 Å². The standard InChI is InChI=1S/C13H15NO4/c1-8(15)14-5-4-9-6-11(17-2)12(18-3)7-10(9)13(14)16/h6-7H,4-5H2,1-3H3. The van der Waals surface area contributed by atoms with E-state index in [9.17, 15) is 9.59 Å². The van der Waals surface area contributed by atoms with Crippen LogP contribution in [0.4, 0.5) is 0 Å². The van der Waals surface area contributed by atoms with Crippen LogP contribution in [0.15, 0.2) is 12.1 Å². The normalized spacial score (nSPS) is 14.2. The van der Waals surface area contributed by atoms with E-state index in [2.05, 4.69) is 0 Å². The van der Waals surface area contributed by atoms with Crippen molar-refractivity contribution < 1.29 is 19.1 Å². The first-order valence-corrected chi connectivity index (χ1v) is 5.65. The third-order valence-electron chi connectivity index (χ3n) is 3.07. The van der Waals surface area contributed by atoms with Crippen molar-refractivity contribution in [3.8, 4) is 11.5 Å². The largest absolute Gasteiger partial charge is 0.493 e. The fourth-order valence-corrected chi connectivity index (χ4v) is 2.11. The quantitative estimate of drug-likeness (QED) is 0.791. The number of methoxy groups -OCH3 is 2. The van der Waals surface area contributed by atoms with Gasteiger partial charge < -0.3 is 9.47 Å². The molecule has 96 valence electrons. The highest BCUT2D eigenvalue weighted by atomic mass is 16.5. The molecule has 0 radical (unpaired) electrons. The van der Waals surface area contributed by atoms with Crippen molar-refractivity contribution in [1.29, 1.82) is 0 Å². The number of benzene rings is 1. The Morgan fingerprint density at radius 3 is 2.39 bits per heavy atom. The maximum atomic E-state index is 12.1. The summed E-state index contributed by atoms with van der Waals surface area (Å²) in [5, 5.41) is 0. The predicted octanol–water partition coefficient (Wildman–Crippen LogP) is 1.25. The van der Waals surface area contributed by atoms with Crippen molar-refractivity contribution >= 4 is 11.8 Å². The molecule has 0 atom stereocenters. The van der Waals surface area contributed by atoms with Crippen molar-refractivity contribution in [3.05, 3.63) is 23.3 Å². The molecule has 0 aromatic heterocycles. The summed E-state index contributed by atoms with van der Waals surface area (Å²) in [4.78, 5) is 24.7. The van der Waals surface area contributed by atoms with Crippen LogP contribution in [0.3, 0.4) is 0 Å². The highest BCUT2D eigenvalue weighted by Crippen LogP contribution is 2.33. The van der Waals surface area contributed by atoms with Crippen molar-refractivity contribution in [2.45, 2.75) is 13.3 Å². The summed E-state index contributed by atoms with van der Waals surface area (Å²) in [6.45, 7) is 1.81. The fourth-order valence-electron chi connectivity index (χ4n) is 2.11. The van der Waals surface area contributed by atoms with Crippen molar-refractivity contribution in [2.75, 3.05) is 20.8 Å². The maximum absolute atomic E-state index is 12.1. The van der Waals surface area contributed by atoms with Gasteiger partial charge in [0.1, 0.15) is 0 Å². The summed E-state index contributed by atoms with van der Waals surface area (Å²) >= 11 is 0. The van der Waals surface area contributed by atoms with E-state index in [1.54, 1.807) is 19.2 Å². The molecule has 5 heteroatoms. The number of fused-ring (bicyclic) bond motifs is 1. The van der Waals surface area contributed by atoms with Gasteiger partial charge >= 0.3 is 0 Å². The number of hydrogen-bond acceptors (Lipinski definition) is 4. The van der Waals surface area contributed by atoms with E-state index in [1.807, 2.05) is 0 Å². The second kappa shape index (κ2) is 4.68. The van der Waals surface area contributed by atoms with Gasteiger partial charge in [-0.2, -0.15) is 0 Å². The SMILES string of the molecule is COc1cc2c(cc1OC)C(=O)N(C(C)=O)CC2. The first-order chi connectivity index (χ1) is 8.58. The minimum Gasteiger partial charge on any atom is -0.493 e. The molecule has 0 saturated heterocycles. The molecular formula is C13H15NO4. The van der Waals surface area contributed by atoms with Gasteiger partial charge in [0.05, 0.1) is 14.2 Å². The second-order valence-corrected chi connectivity index (χ2v) is 4.09. The molecule has 1 aliphatic rings. The van der Waals surface area contributed by atoms with Crippen LogP contribution >= 0.6 is 0 Å². The van der Waals surface area contributed by atoms with Crippen molar-refractivity contribution in [3.63, 3.8) is 0 Å². The van der Waals surface area contributed by atoms with Gasteiger partial charge in [0, 0.05) is 19.0 Å². The molecule has 1 heterocycles. The Labute approximate surface area is 105 Å². The first-order valence-electron chi connectivity index (χ1n) is 5.65. The van der Waals surface area contributed by atoms with E-state index in [-0.39, 0.29) is 11.8 Å². The number of carbonyl (C=O) groups excluding carboxylic acids is 2. The maximum Gasteiger partial charge on any atom is 0.260 e. The average molecular weight is 249 g/mol. The Kier molecular flexibility index (Phi) is 3.23. The van der Waals surface area contributed by atoms with E-state index in [4.69, 9.17) is 9.47 Å². The van der Waals surface area contributed by atoms with Gasteiger partial charge in [0.15, 0.2) is 11.5 Å². The third-order valence-corrected chi connectivity index (χ3v) is 3.07. The highest BCUT2D eigenvalue weighted by Gasteiger charge is 2.28. The molecule has 1 aromatic rings. The van der Waals surface area contributed by atoms with Crippen LogP contribution in [-0.2, 0) is 11.2 Å². The molecule has 1 aliphatic heterocycles. The van der Waals surface area contributed by atoms with Crippen LogP contribution in [0.5, 0.6) is 11.5 Å². The molecule has 0 fully saturated rings. The van der Waals surface area contributed by atoms with Gasteiger partial charge in [-0.15, -0.1) is 0 Å². The molecule has 2 amide bonds. The molecule has 1 aromatic carbocycles. The molecule has 0 unspecified atom stereocenters. The Morgan fingerprint density at radius 1 is 1.22 bits per heavy atom. The van der Waals surface area contributed by atoms with Gasteiger partial charge in [-0.25, -0.2) is 0 Å². The fraction of sp³-hybridized carbons (Fsp3) is 0.385. The number of ether oxygens (including phenoxy) is 2.